The summed E-state index contributed by atoms with van der Waals surface area (Å²) in [5.74, 6) is 1.30. The molecule has 1 unspecified atom stereocenters. The van der Waals surface area contributed by atoms with E-state index in [1.54, 1.807) is 6.26 Å². The average Bonchev–Trinajstić information content (AvgIpc) is 2.75. The van der Waals surface area contributed by atoms with E-state index in [1.807, 2.05) is 19.2 Å². The quantitative estimate of drug-likeness (QED) is 0.734. The molecule has 1 aromatic heterocycles. The number of nitrogens with zero attached hydrogens (tertiary/aromatic N) is 1. The van der Waals surface area contributed by atoms with Crippen molar-refractivity contribution in [2.45, 2.75) is 31.8 Å². The van der Waals surface area contributed by atoms with Crippen LogP contribution < -0.4 is 0 Å². The SMILES string of the molecule is CN(Cc1ccco1)C1CCCC1=O. The van der Waals surface area contributed by atoms with Crippen molar-refractivity contribution in [3.8, 4) is 0 Å². The van der Waals surface area contributed by atoms with E-state index in [9.17, 15) is 4.79 Å². The molecule has 76 valence electrons. The van der Waals surface area contributed by atoms with Gasteiger partial charge in [-0.15, -0.1) is 0 Å². The molecule has 1 atom stereocenters. The highest BCUT2D eigenvalue weighted by Crippen LogP contribution is 2.20. The van der Waals surface area contributed by atoms with Crippen LogP contribution in [-0.4, -0.2) is 23.8 Å². The van der Waals surface area contributed by atoms with Gasteiger partial charge in [-0.25, -0.2) is 0 Å². The van der Waals surface area contributed by atoms with Gasteiger partial charge in [-0.2, -0.15) is 0 Å². The van der Waals surface area contributed by atoms with Crippen molar-refractivity contribution in [3.63, 3.8) is 0 Å². The zero-order valence-corrected chi connectivity index (χ0v) is 8.40. The Bertz CT molecular complexity index is 305. The number of hydrogen-bond acceptors (Lipinski definition) is 3. The first kappa shape index (κ1) is 9.46. The number of Topliss-reactive ketones (excluding diaryl/α,β-unsaturated/α-hetero) is 1. The third-order valence-electron chi connectivity index (χ3n) is 2.79. The molecular formula is C11H15NO2. The van der Waals surface area contributed by atoms with Gasteiger partial charge in [0.25, 0.3) is 0 Å². The number of carbonyl (C=O) groups excluding carboxylic acids is 1. The van der Waals surface area contributed by atoms with Crippen LogP contribution in [0.4, 0.5) is 0 Å². The number of likely N-dealkylation sites (N-methyl/N-ethyl adjacent to an activating group) is 1. The minimum absolute atomic E-state index is 0.111. The van der Waals surface area contributed by atoms with Crippen LogP contribution in [-0.2, 0) is 11.3 Å². The Balaban J connectivity index is 1.95. The summed E-state index contributed by atoms with van der Waals surface area (Å²) < 4.78 is 5.25. The maximum Gasteiger partial charge on any atom is 0.149 e. The third-order valence-corrected chi connectivity index (χ3v) is 2.79. The molecule has 0 amide bonds. The molecular weight excluding hydrogens is 178 g/mol. The summed E-state index contributed by atoms with van der Waals surface area (Å²) in [5, 5.41) is 0. The number of hydrogen-bond donors (Lipinski definition) is 0. The molecule has 1 heterocycles. The second-order valence-electron chi connectivity index (χ2n) is 3.87. The minimum Gasteiger partial charge on any atom is -0.468 e. The normalized spacial score (nSPS) is 22.1. The lowest BCUT2D eigenvalue weighted by molar-refractivity contribution is -0.121. The Morgan fingerprint density at radius 3 is 3.07 bits per heavy atom. The second-order valence-corrected chi connectivity index (χ2v) is 3.87. The van der Waals surface area contributed by atoms with Gasteiger partial charge in [0.05, 0.1) is 18.8 Å². The van der Waals surface area contributed by atoms with E-state index in [0.717, 1.165) is 31.6 Å². The first-order valence-electron chi connectivity index (χ1n) is 5.02. The van der Waals surface area contributed by atoms with Crippen molar-refractivity contribution in [3.05, 3.63) is 24.2 Å². The molecule has 1 aliphatic carbocycles. The smallest absolute Gasteiger partial charge is 0.149 e. The van der Waals surface area contributed by atoms with Crippen molar-refractivity contribution in [1.29, 1.82) is 0 Å². The molecule has 0 spiro atoms. The van der Waals surface area contributed by atoms with E-state index in [-0.39, 0.29) is 6.04 Å². The molecule has 0 saturated heterocycles. The summed E-state index contributed by atoms with van der Waals surface area (Å²) in [4.78, 5) is 13.5. The number of carbonyl (C=O) groups is 1. The highest BCUT2D eigenvalue weighted by atomic mass is 16.3. The number of rotatable bonds is 3. The summed E-state index contributed by atoms with van der Waals surface area (Å²) in [7, 11) is 1.98. The van der Waals surface area contributed by atoms with E-state index in [4.69, 9.17) is 4.42 Å². The number of ketones is 1. The Morgan fingerprint density at radius 1 is 1.64 bits per heavy atom. The zero-order chi connectivity index (χ0) is 9.97. The summed E-state index contributed by atoms with van der Waals surface area (Å²) in [6, 6.07) is 3.93. The molecule has 0 aliphatic heterocycles. The monoisotopic (exact) mass is 193 g/mol. The summed E-state index contributed by atoms with van der Waals surface area (Å²) >= 11 is 0. The van der Waals surface area contributed by atoms with Crippen LogP contribution in [0.25, 0.3) is 0 Å². The fourth-order valence-corrected chi connectivity index (χ4v) is 2.02. The Hall–Kier alpha value is -1.09. The molecule has 3 heteroatoms. The Morgan fingerprint density at radius 2 is 2.50 bits per heavy atom. The second kappa shape index (κ2) is 3.96. The highest BCUT2D eigenvalue weighted by Gasteiger charge is 2.28. The van der Waals surface area contributed by atoms with E-state index in [0.29, 0.717) is 5.78 Å². The van der Waals surface area contributed by atoms with E-state index in [1.165, 1.54) is 0 Å². The van der Waals surface area contributed by atoms with Crippen LogP contribution in [0.15, 0.2) is 22.8 Å². The van der Waals surface area contributed by atoms with Crippen molar-refractivity contribution >= 4 is 5.78 Å². The van der Waals surface area contributed by atoms with Crippen molar-refractivity contribution in [1.82, 2.24) is 4.90 Å². The minimum atomic E-state index is 0.111. The lowest BCUT2D eigenvalue weighted by Gasteiger charge is -2.21. The molecule has 0 radical (unpaired) electrons. The van der Waals surface area contributed by atoms with Gasteiger partial charge in [0.15, 0.2) is 0 Å². The largest absolute Gasteiger partial charge is 0.468 e. The van der Waals surface area contributed by atoms with Gasteiger partial charge in [0, 0.05) is 6.42 Å². The molecule has 0 bridgehead atoms. The number of furan rings is 1. The molecule has 14 heavy (non-hydrogen) atoms. The molecule has 1 aliphatic rings. The fourth-order valence-electron chi connectivity index (χ4n) is 2.02. The first-order valence-corrected chi connectivity index (χ1v) is 5.02. The van der Waals surface area contributed by atoms with Crippen LogP contribution in [0.3, 0.4) is 0 Å². The molecule has 1 fully saturated rings. The Labute approximate surface area is 83.7 Å². The summed E-state index contributed by atoms with van der Waals surface area (Å²) in [6.45, 7) is 0.726. The van der Waals surface area contributed by atoms with Gasteiger partial charge in [-0.05, 0) is 32.0 Å². The van der Waals surface area contributed by atoms with Crippen LogP contribution in [0.2, 0.25) is 0 Å². The predicted molar refractivity (Wildman–Crippen MR) is 52.8 cm³/mol. The third kappa shape index (κ3) is 1.87. The highest BCUT2D eigenvalue weighted by molar-refractivity contribution is 5.85. The fraction of sp³-hybridized carbons (Fsp3) is 0.545. The molecule has 0 N–H and O–H groups in total. The summed E-state index contributed by atoms with van der Waals surface area (Å²) in [5.41, 5.74) is 0. The van der Waals surface area contributed by atoms with Gasteiger partial charge in [-0.3, -0.25) is 9.69 Å². The van der Waals surface area contributed by atoms with Gasteiger partial charge in [-0.1, -0.05) is 0 Å². The van der Waals surface area contributed by atoms with Crippen molar-refractivity contribution < 1.29 is 9.21 Å². The van der Waals surface area contributed by atoms with Crippen molar-refractivity contribution in [2.75, 3.05) is 7.05 Å². The maximum atomic E-state index is 11.5. The lowest BCUT2D eigenvalue weighted by atomic mass is 10.2. The van der Waals surface area contributed by atoms with Crippen LogP contribution in [0.5, 0.6) is 0 Å². The van der Waals surface area contributed by atoms with Gasteiger partial charge >= 0.3 is 0 Å². The summed E-state index contributed by atoms with van der Waals surface area (Å²) in [6.07, 6.45) is 4.44. The van der Waals surface area contributed by atoms with Crippen LogP contribution >= 0.6 is 0 Å². The standard InChI is InChI=1S/C11H15NO2/c1-12(8-9-4-3-7-14-9)10-5-2-6-11(10)13/h3-4,7,10H,2,5-6,8H2,1H3. The molecule has 3 nitrogen and oxygen atoms in total. The van der Waals surface area contributed by atoms with E-state index >= 15 is 0 Å². The molecule has 2 rings (SSSR count). The lowest BCUT2D eigenvalue weighted by Crippen LogP contribution is -2.34. The maximum absolute atomic E-state index is 11.5. The van der Waals surface area contributed by atoms with E-state index < -0.39 is 0 Å². The van der Waals surface area contributed by atoms with Gasteiger partial charge < -0.3 is 4.42 Å². The average molecular weight is 193 g/mol. The molecule has 1 saturated carbocycles. The van der Waals surface area contributed by atoms with Crippen LogP contribution in [0, 0.1) is 0 Å². The molecule has 1 aromatic rings. The first-order chi connectivity index (χ1) is 6.77. The van der Waals surface area contributed by atoms with Gasteiger partial charge in [0.2, 0.25) is 0 Å². The molecule has 0 aromatic carbocycles. The zero-order valence-electron chi connectivity index (χ0n) is 8.40. The van der Waals surface area contributed by atoms with E-state index in [2.05, 4.69) is 4.90 Å². The predicted octanol–water partition coefficient (Wildman–Crippen LogP) is 1.83. The Kier molecular flexibility index (Phi) is 2.68. The van der Waals surface area contributed by atoms with Gasteiger partial charge in [0.1, 0.15) is 11.5 Å². The topological polar surface area (TPSA) is 33.5 Å². The van der Waals surface area contributed by atoms with Crippen molar-refractivity contribution in [2.24, 2.45) is 0 Å². The van der Waals surface area contributed by atoms with Crippen LogP contribution in [0.1, 0.15) is 25.0 Å².